The van der Waals surface area contributed by atoms with Crippen molar-refractivity contribution in [3.8, 4) is 0 Å². The van der Waals surface area contributed by atoms with Crippen LogP contribution in [0.1, 0.15) is 16.2 Å². The van der Waals surface area contributed by atoms with E-state index in [4.69, 9.17) is 0 Å². The van der Waals surface area contributed by atoms with E-state index in [2.05, 4.69) is 36.1 Å². The van der Waals surface area contributed by atoms with Crippen molar-refractivity contribution in [2.75, 3.05) is 13.1 Å². The highest BCUT2D eigenvalue weighted by Gasteiger charge is 2.07. The summed E-state index contributed by atoms with van der Waals surface area (Å²) in [4.78, 5) is 5.40. The summed E-state index contributed by atoms with van der Waals surface area (Å²) in [5, 5.41) is 0. The number of thiophene rings is 1. The van der Waals surface area contributed by atoms with E-state index in [9.17, 15) is 0 Å². The number of aryl methyl sites for hydroxylation is 1. The molecular formula is C11H15NS. The van der Waals surface area contributed by atoms with Gasteiger partial charge in [0.05, 0.1) is 0 Å². The molecule has 0 saturated carbocycles. The van der Waals surface area contributed by atoms with Crippen LogP contribution >= 0.6 is 11.3 Å². The van der Waals surface area contributed by atoms with Crippen molar-refractivity contribution in [1.29, 1.82) is 0 Å². The monoisotopic (exact) mass is 193 g/mol. The maximum atomic E-state index is 2.49. The van der Waals surface area contributed by atoms with Gasteiger partial charge in [0.15, 0.2) is 0 Å². The molecule has 0 saturated heterocycles. The summed E-state index contributed by atoms with van der Waals surface area (Å²) in [6.07, 6.45) is 5.75. The van der Waals surface area contributed by atoms with Crippen molar-refractivity contribution in [2.45, 2.75) is 19.9 Å². The van der Waals surface area contributed by atoms with Gasteiger partial charge in [0, 0.05) is 29.4 Å². The Kier molecular flexibility index (Phi) is 2.81. The van der Waals surface area contributed by atoms with Gasteiger partial charge < -0.3 is 0 Å². The molecule has 0 fully saturated rings. The molecule has 0 aromatic carbocycles. The maximum absolute atomic E-state index is 2.49. The molecule has 0 aliphatic carbocycles. The van der Waals surface area contributed by atoms with Gasteiger partial charge in [-0.2, -0.15) is 0 Å². The second-order valence-corrected chi connectivity index (χ2v) is 4.88. The van der Waals surface area contributed by atoms with Gasteiger partial charge in [-0.25, -0.2) is 0 Å². The summed E-state index contributed by atoms with van der Waals surface area (Å²) in [6, 6.07) is 4.46. The lowest BCUT2D eigenvalue weighted by molar-refractivity contribution is 0.293. The van der Waals surface area contributed by atoms with Gasteiger partial charge in [-0.05, 0) is 25.5 Å². The molecule has 0 N–H and O–H groups in total. The lowest BCUT2D eigenvalue weighted by Gasteiger charge is -2.21. The molecule has 2 heteroatoms. The van der Waals surface area contributed by atoms with Gasteiger partial charge in [-0.1, -0.05) is 12.2 Å². The Balaban J connectivity index is 1.94. The molecule has 13 heavy (non-hydrogen) atoms. The molecule has 1 aromatic rings. The molecule has 0 bridgehead atoms. The summed E-state index contributed by atoms with van der Waals surface area (Å²) in [5.74, 6) is 0. The van der Waals surface area contributed by atoms with E-state index in [1.165, 1.54) is 22.7 Å². The predicted molar refractivity (Wildman–Crippen MR) is 58.1 cm³/mol. The summed E-state index contributed by atoms with van der Waals surface area (Å²) in [6.45, 7) is 5.64. The zero-order chi connectivity index (χ0) is 9.10. The molecule has 70 valence electrons. The molecule has 1 nitrogen and oxygen atoms in total. The second-order valence-electron chi connectivity index (χ2n) is 3.51. The van der Waals surface area contributed by atoms with Crippen LogP contribution in [-0.2, 0) is 6.54 Å². The average molecular weight is 193 g/mol. The largest absolute Gasteiger partial charge is 0.294 e. The van der Waals surface area contributed by atoms with Crippen LogP contribution in [0.15, 0.2) is 24.3 Å². The summed E-state index contributed by atoms with van der Waals surface area (Å²) < 4.78 is 0. The summed E-state index contributed by atoms with van der Waals surface area (Å²) >= 11 is 1.92. The standard InChI is InChI=1S/C11H15NS/c1-10-5-6-11(13-10)9-12-7-3-2-4-8-12/h2-3,5-6H,4,7-9H2,1H3. The highest BCUT2D eigenvalue weighted by molar-refractivity contribution is 7.11. The average Bonchev–Trinajstić information content (AvgIpc) is 2.53. The van der Waals surface area contributed by atoms with E-state index in [1.807, 2.05) is 11.3 Å². The minimum absolute atomic E-state index is 1.12. The van der Waals surface area contributed by atoms with Crippen LogP contribution in [0.2, 0.25) is 0 Å². The maximum Gasteiger partial charge on any atom is 0.0331 e. The van der Waals surface area contributed by atoms with Crippen LogP contribution < -0.4 is 0 Å². The lowest BCUT2D eigenvalue weighted by Crippen LogP contribution is -2.26. The predicted octanol–water partition coefficient (Wildman–Crippen LogP) is 2.82. The van der Waals surface area contributed by atoms with Gasteiger partial charge >= 0.3 is 0 Å². The van der Waals surface area contributed by atoms with Crippen molar-refractivity contribution in [3.63, 3.8) is 0 Å². The SMILES string of the molecule is Cc1ccc(CN2CC=CCC2)s1. The topological polar surface area (TPSA) is 3.24 Å². The number of hydrogen-bond donors (Lipinski definition) is 0. The molecule has 0 amide bonds. The van der Waals surface area contributed by atoms with Crippen molar-refractivity contribution in [3.05, 3.63) is 34.0 Å². The van der Waals surface area contributed by atoms with E-state index in [1.54, 1.807) is 0 Å². The van der Waals surface area contributed by atoms with Crippen LogP contribution in [0.25, 0.3) is 0 Å². The highest BCUT2D eigenvalue weighted by Crippen LogP contribution is 2.17. The van der Waals surface area contributed by atoms with Crippen LogP contribution in [-0.4, -0.2) is 18.0 Å². The van der Waals surface area contributed by atoms with Crippen molar-refractivity contribution in [2.24, 2.45) is 0 Å². The van der Waals surface area contributed by atoms with E-state index in [0.29, 0.717) is 0 Å². The first-order valence-corrected chi connectivity index (χ1v) is 5.59. The zero-order valence-electron chi connectivity index (χ0n) is 7.99. The van der Waals surface area contributed by atoms with E-state index in [0.717, 1.165) is 13.1 Å². The van der Waals surface area contributed by atoms with Crippen molar-refractivity contribution >= 4 is 11.3 Å². The zero-order valence-corrected chi connectivity index (χ0v) is 8.81. The Morgan fingerprint density at radius 3 is 2.92 bits per heavy atom. The Hall–Kier alpha value is -0.600. The van der Waals surface area contributed by atoms with Crippen molar-refractivity contribution in [1.82, 2.24) is 4.90 Å². The van der Waals surface area contributed by atoms with Crippen molar-refractivity contribution < 1.29 is 0 Å². The van der Waals surface area contributed by atoms with Crippen LogP contribution in [0, 0.1) is 6.92 Å². The first kappa shape index (κ1) is 8.97. The van der Waals surface area contributed by atoms with Gasteiger partial charge in [0.2, 0.25) is 0 Å². The van der Waals surface area contributed by atoms with Crippen LogP contribution in [0.5, 0.6) is 0 Å². The summed E-state index contributed by atoms with van der Waals surface area (Å²) in [5.41, 5.74) is 0. The van der Waals surface area contributed by atoms with Crippen LogP contribution in [0.3, 0.4) is 0 Å². The number of hydrogen-bond acceptors (Lipinski definition) is 2. The molecule has 1 aliphatic heterocycles. The van der Waals surface area contributed by atoms with Gasteiger partial charge in [0.1, 0.15) is 0 Å². The molecule has 2 heterocycles. The quantitative estimate of drug-likeness (QED) is 0.653. The third-order valence-electron chi connectivity index (χ3n) is 2.32. The fraction of sp³-hybridized carbons (Fsp3) is 0.455. The molecule has 0 unspecified atom stereocenters. The Bertz CT molecular complexity index is 301. The normalized spacial score (nSPS) is 17.9. The van der Waals surface area contributed by atoms with Gasteiger partial charge in [-0.3, -0.25) is 4.90 Å². The Morgan fingerprint density at radius 1 is 1.38 bits per heavy atom. The Morgan fingerprint density at radius 2 is 2.31 bits per heavy atom. The third kappa shape index (κ3) is 2.42. The molecule has 0 spiro atoms. The molecular weight excluding hydrogens is 178 g/mol. The molecule has 0 atom stereocenters. The first-order chi connectivity index (χ1) is 6.34. The Labute approximate surface area is 83.7 Å². The van der Waals surface area contributed by atoms with Gasteiger partial charge in [-0.15, -0.1) is 11.3 Å². The fourth-order valence-electron chi connectivity index (χ4n) is 1.62. The number of nitrogens with zero attached hydrogens (tertiary/aromatic N) is 1. The van der Waals surface area contributed by atoms with E-state index >= 15 is 0 Å². The minimum atomic E-state index is 1.12. The molecule has 2 rings (SSSR count). The summed E-state index contributed by atoms with van der Waals surface area (Å²) in [7, 11) is 0. The van der Waals surface area contributed by atoms with Gasteiger partial charge in [0.25, 0.3) is 0 Å². The lowest BCUT2D eigenvalue weighted by atomic mass is 10.2. The molecule has 1 aliphatic rings. The van der Waals surface area contributed by atoms with Crippen LogP contribution in [0.4, 0.5) is 0 Å². The molecule has 0 radical (unpaired) electrons. The fourth-order valence-corrected chi connectivity index (χ4v) is 2.56. The number of rotatable bonds is 2. The smallest absolute Gasteiger partial charge is 0.0331 e. The second kappa shape index (κ2) is 4.07. The minimum Gasteiger partial charge on any atom is -0.294 e. The van der Waals surface area contributed by atoms with E-state index < -0.39 is 0 Å². The first-order valence-electron chi connectivity index (χ1n) is 4.77. The van der Waals surface area contributed by atoms with E-state index in [-0.39, 0.29) is 0 Å². The third-order valence-corrected chi connectivity index (χ3v) is 3.30. The molecule has 1 aromatic heterocycles. The highest BCUT2D eigenvalue weighted by atomic mass is 32.1.